The maximum absolute atomic E-state index is 12.4. The Hall–Kier alpha value is -2.50. The molecule has 0 saturated heterocycles. The molecular formula is C18H24N2O4. The van der Waals surface area contributed by atoms with Gasteiger partial charge in [-0.05, 0) is 26.0 Å². The number of hydrogen-bond donors (Lipinski definition) is 0. The molecule has 0 atom stereocenters. The van der Waals surface area contributed by atoms with Crippen molar-refractivity contribution in [1.82, 2.24) is 9.80 Å². The maximum atomic E-state index is 12.4. The summed E-state index contributed by atoms with van der Waals surface area (Å²) in [7, 11) is 3.24. The summed E-state index contributed by atoms with van der Waals surface area (Å²) < 4.78 is 10.7. The molecule has 0 bridgehead atoms. The first-order valence-electron chi connectivity index (χ1n) is 8.06. The number of likely N-dealkylation sites (N-methyl/N-ethyl adjacent to an activating group) is 2. The molecule has 130 valence electrons. The molecule has 6 heteroatoms. The second-order valence-electron chi connectivity index (χ2n) is 5.62. The molecule has 0 fully saturated rings. The Morgan fingerprint density at radius 2 is 1.88 bits per heavy atom. The van der Waals surface area contributed by atoms with E-state index in [4.69, 9.17) is 9.15 Å². The molecule has 0 aliphatic rings. The van der Waals surface area contributed by atoms with E-state index in [-0.39, 0.29) is 24.8 Å². The van der Waals surface area contributed by atoms with E-state index in [1.54, 1.807) is 31.4 Å². The van der Waals surface area contributed by atoms with Gasteiger partial charge in [-0.15, -0.1) is 0 Å². The first-order chi connectivity index (χ1) is 11.5. The molecule has 1 aromatic carbocycles. The smallest absolute Gasteiger partial charge is 0.242 e. The molecule has 0 N–H and O–H groups in total. The minimum Gasteiger partial charge on any atom is -0.497 e. The van der Waals surface area contributed by atoms with Crippen molar-refractivity contribution in [2.45, 2.75) is 20.3 Å². The monoisotopic (exact) mass is 332 g/mol. The average molecular weight is 332 g/mol. The van der Waals surface area contributed by atoms with E-state index in [1.165, 1.54) is 4.90 Å². The molecule has 0 saturated carbocycles. The van der Waals surface area contributed by atoms with Crippen LogP contribution in [0.5, 0.6) is 5.75 Å². The zero-order valence-corrected chi connectivity index (χ0v) is 14.7. The molecule has 1 aromatic heterocycles. The fourth-order valence-corrected chi connectivity index (χ4v) is 2.59. The number of fused-ring (bicyclic) bond motifs is 1. The first kappa shape index (κ1) is 17.8. The van der Waals surface area contributed by atoms with Gasteiger partial charge in [0.1, 0.15) is 11.3 Å². The SMILES string of the molecule is CCN(CC)C(=O)CN(C)C(=O)Cc1coc2cc(OC)ccc12. The lowest BCUT2D eigenvalue weighted by Gasteiger charge is -2.23. The molecule has 0 aliphatic heterocycles. The normalized spacial score (nSPS) is 10.7. The first-order valence-corrected chi connectivity index (χ1v) is 8.06. The van der Waals surface area contributed by atoms with Crippen molar-refractivity contribution in [1.29, 1.82) is 0 Å². The Balaban J connectivity index is 2.05. The van der Waals surface area contributed by atoms with Crippen molar-refractivity contribution in [2.24, 2.45) is 0 Å². The summed E-state index contributed by atoms with van der Waals surface area (Å²) in [5.41, 5.74) is 1.49. The van der Waals surface area contributed by atoms with Gasteiger partial charge in [-0.2, -0.15) is 0 Å². The van der Waals surface area contributed by atoms with Gasteiger partial charge >= 0.3 is 0 Å². The zero-order chi connectivity index (χ0) is 17.7. The number of amides is 2. The number of benzene rings is 1. The number of methoxy groups -OCH3 is 1. The third kappa shape index (κ3) is 3.88. The van der Waals surface area contributed by atoms with Crippen molar-refractivity contribution >= 4 is 22.8 Å². The van der Waals surface area contributed by atoms with E-state index in [9.17, 15) is 9.59 Å². The molecule has 0 radical (unpaired) electrons. The van der Waals surface area contributed by atoms with Gasteiger partial charge in [0.25, 0.3) is 0 Å². The highest BCUT2D eigenvalue weighted by molar-refractivity contribution is 5.90. The number of carbonyl (C=O) groups is 2. The molecular weight excluding hydrogens is 308 g/mol. The van der Waals surface area contributed by atoms with Crippen LogP contribution >= 0.6 is 0 Å². The van der Waals surface area contributed by atoms with Crippen molar-refractivity contribution in [2.75, 3.05) is 33.8 Å². The van der Waals surface area contributed by atoms with Gasteiger partial charge in [0.15, 0.2) is 0 Å². The Bertz CT molecular complexity index is 719. The van der Waals surface area contributed by atoms with Crippen LogP contribution in [-0.4, -0.2) is 55.4 Å². The third-order valence-corrected chi connectivity index (χ3v) is 4.12. The highest BCUT2D eigenvalue weighted by Crippen LogP contribution is 2.26. The second kappa shape index (κ2) is 7.86. The summed E-state index contributed by atoms with van der Waals surface area (Å²) in [4.78, 5) is 27.7. The molecule has 24 heavy (non-hydrogen) atoms. The van der Waals surface area contributed by atoms with Crippen molar-refractivity contribution in [3.8, 4) is 5.75 Å². The van der Waals surface area contributed by atoms with Gasteiger partial charge in [-0.25, -0.2) is 0 Å². The largest absolute Gasteiger partial charge is 0.497 e. The Morgan fingerprint density at radius 1 is 1.17 bits per heavy atom. The van der Waals surface area contributed by atoms with Gasteiger partial charge in [0, 0.05) is 37.2 Å². The number of furan rings is 1. The van der Waals surface area contributed by atoms with Crippen LogP contribution in [0.3, 0.4) is 0 Å². The molecule has 0 spiro atoms. The quantitative estimate of drug-likeness (QED) is 0.780. The van der Waals surface area contributed by atoms with E-state index >= 15 is 0 Å². The standard InChI is InChI=1S/C18H24N2O4/c1-5-20(6-2)18(22)11-19(3)17(21)9-13-12-24-16-10-14(23-4)7-8-15(13)16/h7-8,10,12H,5-6,9,11H2,1-4H3. The minimum atomic E-state index is -0.117. The van der Waals surface area contributed by atoms with Gasteiger partial charge < -0.3 is 19.0 Å². The molecule has 2 aromatic rings. The number of rotatable bonds is 7. The van der Waals surface area contributed by atoms with Gasteiger partial charge in [-0.3, -0.25) is 9.59 Å². The summed E-state index contributed by atoms with van der Waals surface area (Å²) in [5.74, 6) is 0.545. The average Bonchev–Trinajstić information content (AvgIpc) is 2.97. The fourth-order valence-electron chi connectivity index (χ4n) is 2.59. The van der Waals surface area contributed by atoms with Crippen LogP contribution < -0.4 is 4.74 Å². The molecule has 6 nitrogen and oxygen atoms in total. The van der Waals surface area contributed by atoms with E-state index in [0.717, 1.165) is 10.9 Å². The molecule has 0 unspecified atom stereocenters. The molecule has 2 amide bonds. The van der Waals surface area contributed by atoms with Gasteiger partial charge in [-0.1, -0.05) is 0 Å². The number of carbonyl (C=O) groups excluding carboxylic acids is 2. The Kier molecular flexibility index (Phi) is 5.84. The van der Waals surface area contributed by atoms with Crippen molar-refractivity contribution < 1.29 is 18.7 Å². The summed E-state index contributed by atoms with van der Waals surface area (Å²) >= 11 is 0. The molecule has 0 aliphatic carbocycles. The predicted octanol–water partition coefficient (Wildman–Crippen LogP) is 2.31. The summed E-state index contributed by atoms with van der Waals surface area (Å²) in [6.07, 6.45) is 1.78. The van der Waals surface area contributed by atoms with Crippen LogP contribution in [0.1, 0.15) is 19.4 Å². The fraction of sp³-hybridized carbons (Fsp3) is 0.444. The highest BCUT2D eigenvalue weighted by Gasteiger charge is 2.18. The van der Waals surface area contributed by atoms with Gasteiger partial charge in [0.05, 0.1) is 26.3 Å². The topological polar surface area (TPSA) is 63.0 Å². The predicted molar refractivity (Wildman–Crippen MR) is 92.0 cm³/mol. The summed E-state index contributed by atoms with van der Waals surface area (Å²) in [6, 6.07) is 5.50. The summed E-state index contributed by atoms with van der Waals surface area (Å²) in [5, 5.41) is 0.882. The second-order valence-corrected chi connectivity index (χ2v) is 5.62. The third-order valence-electron chi connectivity index (χ3n) is 4.12. The number of hydrogen-bond acceptors (Lipinski definition) is 4. The Morgan fingerprint density at radius 3 is 2.50 bits per heavy atom. The molecule has 2 rings (SSSR count). The van der Waals surface area contributed by atoms with Crippen molar-refractivity contribution in [3.05, 3.63) is 30.0 Å². The highest BCUT2D eigenvalue weighted by atomic mass is 16.5. The number of ether oxygens (including phenoxy) is 1. The van der Waals surface area contributed by atoms with Crippen LogP contribution in [0.25, 0.3) is 11.0 Å². The van der Waals surface area contributed by atoms with Crippen LogP contribution in [0, 0.1) is 0 Å². The van der Waals surface area contributed by atoms with Crippen LogP contribution in [0.4, 0.5) is 0 Å². The number of nitrogens with zero attached hydrogens (tertiary/aromatic N) is 2. The lowest BCUT2D eigenvalue weighted by Crippen LogP contribution is -2.41. The molecule has 1 heterocycles. The van der Waals surface area contributed by atoms with E-state index in [1.807, 2.05) is 26.0 Å². The maximum Gasteiger partial charge on any atom is 0.242 e. The lowest BCUT2D eigenvalue weighted by atomic mass is 10.1. The zero-order valence-electron chi connectivity index (χ0n) is 14.7. The van der Waals surface area contributed by atoms with Crippen LogP contribution in [0.15, 0.2) is 28.9 Å². The van der Waals surface area contributed by atoms with Gasteiger partial charge in [0.2, 0.25) is 11.8 Å². The lowest BCUT2D eigenvalue weighted by molar-refractivity contribution is -0.138. The minimum absolute atomic E-state index is 0.0439. The summed E-state index contributed by atoms with van der Waals surface area (Å²) in [6.45, 7) is 5.23. The van der Waals surface area contributed by atoms with E-state index < -0.39 is 0 Å². The van der Waals surface area contributed by atoms with Crippen LogP contribution in [-0.2, 0) is 16.0 Å². The van der Waals surface area contributed by atoms with Crippen LogP contribution in [0.2, 0.25) is 0 Å². The Labute approximate surface area is 142 Å². The van der Waals surface area contributed by atoms with Crippen molar-refractivity contribution in [3.63, 3.8) is 0 Å². The van der Waals surface area contributed by atoms with E-state index in [0.29, 0.717) is 24.4 Å². The van der Waals surface area contributed by atoms with E-state index in [2.05, 4.69) is 0 Å².